The van der Waals surface area contributed by atoms with Crippen LogP contribution in [0.2, 0.25) is 0 Å². The summed E-state index contributed by atoms with van der Waals surface area (Å²) in [7, 11) is 0. The van der Waals surface area contributed by atoms with E-state index in [1.54, 1.807) is 0 Å². The lowest BCUT2D eigenvalue weighted by Gasteiger charge is -2.29. The summed E-state index contributed by atoms with van der Waals surface area (Å²) in [6.07, 6.45) is 3.30. The molecule has 1 aliphatic rings. The molecule has 0 spiro atoms. The minimum absolute atomic E-state index is 0.0756. The summed E-state index contributed by atoms with van der Waals surface area (Å²) >= 11 is 0. The van der Waals surface area contributed by atoms with E-state index in [-0.39, 0.29) is 6.29 Å². The fraction of sp³-hybridized carbons (Fsp3) is 0.875. The minimum atomic E-state index is 0.0756. The third kappa shape index (κ3) is 1.96. The number of rotatable bonds is 4. The van der Waals surface area contributed by atoms with E-state index in [0.29, 0.717) is 6.10 Å². The molecule has 1 radical (unpaired) electrons. The second kappa shape index (κ2) is 3.94. The van der Waals surface area contributed by atoms with E-state index in [9.17, 15) is 0 Å². The van der Waals surface area contributed by atoms with Gasteiger partial charge in [-0.3, -0.25) is 0 Å². The lowest BCUT2D eigenvalue weighted by molar-refractivity contribution is -0.235. The highest BCUT2D eigenvalue weighted by Crippen LogP contribution is 2.16. The summed E-state index contributed by atoms with van der Waals surface area (Å²) in [5.41, 5.74) is 0. The van der Waals surface area contributed by atoms with Gasteiger partial charge in [0.2, 0.25) is 0 Å². The molecule has 1 fully saturated rings. The first kappa shape index (κ1) is 8.02. The van der Waals surface area contributed by atoms with Gasteiger partial charge < -0.3 is 9.47 Å². The molecule has 2 atom stereocenters. The molecule has 0 aromatic rings. The van der Waals surface area contributed by atoms with Crippen LogP contribution in [0.15, 0.2) is 0 Å². The number of hydrogen-bond acceptors (Lipinski definition) is 2. The molecular weight excluding hydrogens is 128 g/mol. The zero-order valence-corrected chi connectivity index (χ0v) is 6.51. The van der Waals surface area contributed by atoms with E-state index in [2.05, 4.69) is 13.8 Å². The summed E-state index contributed by atoms with van der Waals surface area (Å²) in [4.78, 5) is 0. The van der Waals surface area contributed by atoms with Crippen LogP contribution in [0.25, 0.3) is 0 Å². The Morgan fingerprint density at radius 1 is 1.80 bits per heavy atom. The third-order valence-corrected chi connectivity index (χ3v) is 1.78. The van der Waals surface area contributed by atoms with Crippen LogP contribution in [0.3, 0.4) is 0 Å². The van der Waals surface area contributed by atoms with E-state index in [1.165, 1.54) is 0 Å². The summed E-state index contributed by atoms with van der Waals surface area (Å²) in [6.45, 7) is 6.75. The van der Waals surface area contributed by atoms with E-state index in [1.807, 2.05) is 0 Å². The van der Waals surface area contributed by atoms with Crippen LogP contribution in [0.5, 0.6) is 0 Å². The lowest BCUT2D eigenvalue weighted by Crippen LogP contribution is -2.33. The molecule has 0 aromatic heterocycles. The molecule has 2 unspecified atom stereocenters. The van der Waals surface area contributed by atoms with E-state index in [4.69, 9.17) is 9.47 Å². The average Bonchev–Trinajstić information content (AvgIpc) is 1.87. The van der Waals surface area contributed by atoms with Crippen LogP contribution in [-0.4, -0.2) is 19.0 Å². The van der Waals surface area contributed by atoms with Crippen molar-refractivity contribution in [3.05, 3.63) is 6.92 Å². The molecule has 0 bridgehead atoms. The molecule has 59 valence electrons. The van der Waals surface area contributed by atoms with Gasteiger partial charge in [-0.1, -0.05) is 13.8 Å². The molecular formula is C8H15O2. The van der Waals surface area contributed by atoms with Crippen molar-refractivity contribution in [2.75, 3.05) is 6.61 Å². The van der Waals surface area contributed by atoms with E-state index >= 15 is 0 Å². The van der Waals surface area contributed by atoms with Gasteiger partial charge in [0.1, 0.15) is 0 Å². The van der Waals surface area contributed by atoms with Crippen molar-refractivity contribution in [3.8, 4) is 0 Å². The summed E-state index contributed by atoms with van der Waals surface area (Å²) in [6, 6.07) is 0. The van der Waals surface area contributed by atoms with Gasteiger partial charge in [-0.15, -0.1) is 0 Å². The number of ether oxygens (including phenoxy) is 2. The second-order valence-electron chi connectivity index (χ2n) is 2.54. The lowest BCUT2D eigenvalue weighted by atomic mass is 10.2. The van der Waals surface area contributed by atoms with Crippen molar-refractivity contribution in [2.24, 2.45) is 0 Å². The smallest absolute Gasteiger partial charge is 0.160 e. The summed E-state index contributed by atoms with van der Waals surface area (Å²) in [5, 5.41) is 0. The Bertz CT molecular complexity index is 85.3. The fourth-order valence-electron chi connectivity index (χ4n) is 0.904. The van der Waals surface area contributed by atoms with Gasteiger partial charge >= 0.3 is 0 Å². The van der Waals surface area contributed by atoms with Gasteiger partial charge in [-0.25, -0.2) is 0 Å². The van der Waals surface area contributed by atoms with Gasteiger partial charge in [-0.05, 0) is 12.8 Å². The largest absolute Gasteiger partial charge is 0.352 e. The van der Waals surface area contributed by atoms with Crippen molar-refractivity contribution < 1.29 is 9.47 Å². The number of hydrogen-bond donors (Lipinski definition) is 0. The van der Waals surface area contributed by atoms with E-state index in [0.717, 1.165) is 25.9 Å². The van der Waals surface area contributed by atoms with Crippen LogP contribution < -0.4 is 0 Å². The zero-order valence-electron chi connectivity index (χ0n) is 6.51. The van der Waals surface area contributed by atoms with Crippen LogP contribution >= 0.6 is 0 Å². The second-order valence-corrected chi connectivity index (χ2v) is 2.54. The molecule has 0 aromatic carbocycles. The first-order valence-electron chi connectivity index (χ1n) is 3.93. The van der Waals surface area contributed by atoms with E-state index < -0.39 is 0 Å². The molecule has 1 rings (SSSR count). The topological polar surface area (TPSA) is 18.5 Å². The first-order valence-corrected chi connectivity index (χ1v) is 3.93. The van der Waals surface area contributed by atoms with Crippen molar-refractivity contribution >= 4 is 0 Å². The Morgan fingerprint density at radius 2 is 2.50 bits per heavy atom. The molecule has 1 saturated heterocycles. The normalized spacial score (nSPS) is 24.9. The van der Waals surface area contributed by atoms with Crippen LogP contribution in [0.1, 0.15) is 26.2 Å². The molecule has 0 N–H and O–H groups in total. The first-order chi connectivity index (χ1) is 4.86. The standard InChI is InChI=1S/C8H15O2/c1-3-7(4-2)10-8-5-6-9-8/h7-8H,1,3-6H2,2H3. The predicted octanol–water partition coefficient (Wildman–Crippen LogP) is 1.75. The molecule has 0 saturated carbocycles. The Kier molecular flexibility index (Phi) is 3.16. The highest BCUT2D eigenvalue weighted by Gasteiger charge is 2.21. The Labute approximate surface area is 62.5 Å². The zero-order chi connectivity index (χ0) is 7.40. The van der Waals surface area contributed by atoms with Gasteiger partial charge in [0.15, 0.2) is 6.29 Å². The maximum Gasteiger partial charge on any atom is 0.160 e. The highest BCUT2D eigenvalue weighted by atomic mass is 16.7. The van der Waals surface area contributed by atoms with Crippen molar-refractivity contribution in [2.45, 2.75) is 38.6 Å². The Morgan fingerprint density at radius 3 is 2.80 bits per heavy atom. The average molecular weight is 143 g/mol. The quantitative estimate of drug-likeness (QED) is 0.597. The van der Waals surface area contributed by atoms with Gasteiger partial charge in [0.25, 0.3) is 0 Å². The molecule has 0 amide bonds. The highest BCUT2D eigenvalue weighted by molar-refractivity contribution is 4.62. The third-order valence-electron chi connectivity index (χ3n) is 1.78. The molecule has 2 nitrogen and oxygen atoms in total. The fourth-order valence-corrected chi connectivity index (χ4v) is 0.904. The molecule has 1 heterocycles. The summed E-state index contributed by atoms with van der Waals surface area (Å²) in [5.74, 6) is 0. The van der Waals surface area contributed by atoms with Crippen molar-refractivity contribution in [1.29, 1.82) is 0 Å². The maximum absolute atomic E-state index is 5.50. The maximum atomic E-state index is 5.50. The monoisotopic (exact) mass is 143 g/mol. The van der Waals surface area contributed by atoms with Crippen molar-refractivity contribution in [3.63, 3.8) is 0 Å². The molecule has 10 heavy (non-hydrogen) atoms. The Hall–Kier alpha value is -0.0800. The molecule has 2 heteroatoms. The van der Waals surface area contributed by atoms with Crippen molar-refractivity contribution in [1.82, 2.24) is 0 Å². The van der Waals surface area contributed by atoms with Crippen LogP contribution in [0, 0.1) is 6.92 Å². The SMILES string of the molecule is [CH2]CC(CC)OC1CCO1. The summed E-state index contributed by atoms with van der Waals surface area (Å²) < 4.78 is 10.6. The van der Waals surface area contributed by atoms with Gasteiger partial charge in [-0.2, -0.15) is 0 Å². The van der Waals surface area contributed by atoms with Gasteiger partial charge in [0.05, 0.1) is 12.7 Å². The molecule has 1 aliphatic heterocycles. The van der Waals surface area contributed by atoms with Crippen LogP contribution in [0.4, 0.5) is 0 Å². The van der Waals surface area contributed by atoms with Gasteiger partial charge in [0, 0.05) is 6.42 Å². The Balaban J connectivity index is 2.08. The minimum Gasteiger partial charge on any atom is -0.352 e. The molecule has 0 aliphatic carbocycles. The predicted molar refractivity (Wildman–Crippen MR) is 39.5 cm³/mol. The van der Waals surface area contributed by atoms with Crippen LogP contribution in [-0.2, 0) is 9.47 Å².